The Balaban J connectivity index is 1.44. The molecule has 148 valence electrons. The minimum Gasteiger partial charge on any atom is -0.446 e. The van der Waals surface area contributed by atoms with Crippen LogP contribution in [0.3, 0.4) is 0 Å². The van der Waals surface area contributed by atoms with Crippen molar-refractivity contribution >= 4 is 23.6 Å². The summed E-state index contributed by atoms with van der Waals surface area (Å²) in [7, 11) is 0. The van der Waals surface area contributed by atoms with Crippen molar-refractivity contribution in [2.24, 2.45) is 0 Å². The highest BCUT2D eigenvalue weighted by Gasteiger charge is 2.20. The van der Waals surface area contributed by atoms with E-state index in [2.05, 4.69) is 24.3 Å². The highest BCUT2D eigenvalue weighted by Crippen LogP contribution is 2.31. The number of carbonyl (C=O) groups is 1. The molecule has 29 heavy (non-hydrogen) atoms. The third-order valence-corrected chi connectivity index (χ3v) is 4.18. The van der Waals surface area contributed by atoms with E-state index in [0.717, 1.165) is 17.4 Å². The van der Waals surface area contributed by atoms with E-state index >= 15 is 0 Å². The normalized spacial score (nSPS) is 13.2. The molecule has 12 heteroatoms. The van der Waals surface area contributed by atoms with E-state index in [-0.39, 0.29) is 6.10 Å². The van der Waals surface area contributed by atoms with Gasteiger partial charge in [-0.2, -0.15) is 4.37 Å². The molecule has 1 aromatic carbocycles. The van der Waals surface area contributed by atoms with Crippen molar-refractivity contribution in [3.05, 3.63) is 55.4 Å². The Morgan fingerprint density at radius 3 is 2.48 bits per heavy atom. The summed E-state index contributed by atoms with van der Waals surface area (Å²) in [6, 6.07) is 7.21. The first-order valence-electron chi connectivity index (χ1n) is 8.58. The van der Waals surface area contributed by atoms with Gasteiger partial charge in [-0.1, -0.05) is 0 Å². The van der Waals surface area contributed by atoms with Crippen LogP contribution in [0.4, 0.5) is 10.6 Å². The minimum absolute atomic E-state index is 0.197. The molecule has 1 amide bonds. The number of rotatable bonds is 5. The minimum atomic E-state index is -0.456. The molecule has 2 aromatic heterocycles. The number of anilines is 1. The van der Waals surface area contributed by atoms with E-state index in [9.17, 15) is 4.79 Å². The predicted octanol–water partition coefficient (Wildman–Crippen LogP) is 2.92. The van der Waals surface area contributed by atoms with Gasteiger partial charge in [-0.05, 0) is 48.5 Å². The first-order chi connectivity index (χ1) is 14.1. The second-order valence-corrected chi connectivity index (χ2v) is 6.62. The number of carbonyl (C=O) groups excluding carboxylic acids is 1. The van der Waals surface area contributed by atoms with Crippen LogP contribution in [-0.2, 0) is 4.74 Å². The van der Waals surface area contributed by atoms with Crippen LogP contribution < -0.4 is 9.64 Å². The van der Waals surface area contributed by atoms with Gasteiger partial charge in [-0.25, -0.2) is 9.48 Å². The molecule has 11 nitrogen and oxygen atoms in total. The van der Waals surface area contributed by atoms with E-state index in [1.54, 1.807) is 60.4 Å². The maximum Gasteiger partial charge on any atom is 0.418 e. The number of aromatic nitrogens is 6. The van der Waals surface area contributed by atoms with Crippen LogP contribution >= 0.6 is 11.7 Å². The monoisotopic (exact) mass is 412 g/mol. The zero-order chi connectivity index (χ0) is 20.2. The fourth-order valence-corrected chi connectivity index (χ4v) is 2.85. The number of nitrogens with zero attached hydrogens (tertiary/aromatic N) is 8. The molecular formula is C17H16N8O3S. The van der Waals surface area contributed by atoms with Crippen LogP contribution in [0, 0.1) is 0 Å². The number of hydrogen-bond acceptors (Lipinski definition) is 10. The van der Waals surface area contributed by atoms with Gasteiger partial charge in [-0.3, -0.25) is 4.90 Å². The number of benzene rings is 1. The Kier molecular flexibility index (Phi) is 5.16. The summed E-state index contributed by atoms with van der Waals surface area (Å²) in [6.07, 6.45) is 7.36. The number of ether oxygens (including phenoxy) is 2. The third-order valence-electron chi connectivity index (χ3n) is 3.67. The van der Waals surface area contributed by atoms with Gasteiger partial charge in [0.15, 0.2) is 0 Å². The van der Waals surface area contributed by atoms with Crippen LogP contribution in [0.25, 0.3) is 5.69 Å². The Morgan fingerprint density at radius 1 is 1.07 bits per heavy atom. The van der Waals surface area contributed by atoms with Gasteiger partial charge in [0.25, 0.3) is 5.88 Å². The number of hydrogen-bond donors (Lipinski definition) is 0. The zero-order valence-electron chi connectivity index (χ0n) is 15.5. The van der Waals surface area contributed by atoms with E-state index in [0.29, 0.717) is 17.4 Å². The average molecular weight is 412 g/mol. The Hall–Kier alpha value is -3.80. The second-order valence-electron chi connectivity index (χ2n) is 6.09. The molecule has 4 rings (SSSR count). The Labute approximate surface area is 169 Å². The molecule has 0 saturated carbocycles. The molecule has 1 aliphatic heterocycles. The molecule has 0 unspecified atom stereocenters. The molecule has 0 fully saturated rings. The standard InChI is InChI=1S/C17H16N8O3S/c1-12(2)27-17(26)24-9-7-23(8-10-24)15-16(20-29-19-15)28-14-5-3-13(4-6-14)25-11-18-21-22-25/h3-12H,1-2H3. The van der Waals surface area contributed by atoms with Crippen molar-refractivity contribution in [1.29, 1.82) is 0 Å². The molecule has 3 heterocycles. The fraction of sp³-hybridized carbons (Fsp3) is 0.176. The first kappa shape index (κ1) is 18.6. The quantitative estimate of drug-likeness (QED) is 0.624. The molecule has 0 saturated heterocycles. The van der Waals surface area contributed by atoms with Crippen molar-refractivity contribution < 1.29 is 14.3 Å². The molecule has 0 radical (unpaired) electrons. The molecular weight excluding hydrogens is 396 g/mol. The van der Waals surface area contributed by atoms with E-state index in [1.165, 1.54) is 11.2 Å². The first-order valence-corrected chi connectivity index (χ1v) is 9.31. The second kappa shape index (κ2) is 8.06. The summed E-state index contributed by atoms with van der Waals surface area (Å²) in [6.45, 7) is 3.59. The topological polar surface area (TPSA) is 111 Å². The highest BCUT2D eigenvalue weighted by atomic mass is 32.1. The summed E-state index contributed by atoms with van der Waals surface area (Å²) in [5.74, 6) is 1.43. The molecule has 0 aliphatic carbocycles. The number of amides is 1. The van der Waals surface area contributed by atoms with Gasteiger partial charge >= 0.3 is 6.09 Å². The van der Waals surface area contributed by atoms with Crippen LogP contribution in [-0.4, -0.2) is 46.1 Å². The van der Waals surface area contributed by atoms with Crippen molar-refractivity contribution in [3.63, 3.8) is 0 Å². The lowest BCUT2D eigenvalue weighted by Gasteiger charge is -2.22. The van der Waals surface area contributed by atoms with E-state index in [1.807, 2.05) is 12.1 Å². The van der Waals surface area contributed by atoms with Gasteiger partial charge in [-0.15, -0.1) is 9.47 Å². The molecule has 0 atom stereocenters. The summed E-state index contributed by atoms with van der Waals surface area (Å²) in [5.41, 5.74) is 0.800. The molecule has 0 spiro atoms. The Morgan fingerprint density at radius 2 is 1.83 bits per heavy atom. The lowest BCUT2D eigenvalue weighted by Crippen LogP contribution is -2.28. The van der Waals surface area contributed by atoms with Crippen LogP contribution in [0.5, 0.6) is 11.6 Å². The van der Waals surface area contributed by atoms with Crippen molar-refractivity contribution in [2.75, 3.05) is 4.90 Å². The zero-order valence-corrected chi connectivity index (χ0v) is 16.3. The maximum absolute atomic E-state index is 11.9. The molecule has 3 aromatic rings. The highest BCUT2D eigenvalue weighted by molar-refractivity contribution is 6.99. The SMILES string of the molecule is CC(C)OC(=O)N1C=CN(c2nsnc2Oc2ccc(-n3cnnn3)cc2)C=C1. The van der Waals surface area contributed by atoms with E-state index in [4.69, 9.17) is 9.47 Å². The van der Waals surface area contributed by atoms with Gasteiger partial charge in [0.2, 0.25) is 5.82 Å². The van der Waals surface area contributed by atoms with Crippen molar-refractivity contribution in [3.8, 4) is 17.3 Å². The van der Waals surface area contributed by atoms with Crippen LogP contribution in [0.1, 0.15) is 13.8 Å². The maximum atomic E-state index is 11.9. The lowest BCUT2D eigenvalue weighted by molar-refractivity contribution is 0.0983. The third kappa shape index (κ3) is 4.21. The van der Waals surface area contributed by atoms with Gasteiger partial charge in [0.1, 0.15) is 12.1 Å². The van der Waals surface area contributed by atoms with Gasteiger partial charge in [0, 0.05) is 24.8 Å². The van der Waals surface area contributed by atoms with Crippen LogP contribution in [0.15, 0.2) is 55.4 Å². The van der Waals surface area contributed by atoms with Crippen molar-refractivity contribution in [2.45, 2.75) is 20.0 Å². The van der Waals surface area contributed by atoms with Gasteiger partial charge in [0.05, 0.1) is 23.5 Å². The summed E-state index contributed by atoms with van der Waals surface area (Å²) in [5, 5.41) is 11.1. The lowest BCUT2D eigenvalue weighted by atomic mass is 10.3. The summed E-state index contributed by atoms with van der Waals surface area (Å²) in [4.78, 5) is 15.0. The fourth-order valence-electron chi connectivity index (χ4n) is 2.37. The predicted molar refractivity (Wildman–Crippen MR) is 103 cm³/mol. The van der Waals surface area contributed by atoms with Crippen LogP contribution in [0.2, 0.25) is 0 Å². The smallest absolute Gasteiger partial charge is 0.418 e. The van der Waals surface area contributed by atoms with Gasteiger partial charge < -0.3 is 14.4 Å². The number of tetrazole rings is 1. The molecule has 0 N–H and O–H groups in total. The summed E-state index contributed by atoms with van der Waals surface area (Å²) < 4.78 is 21.0. The Bertz CT molecular complexity index is 1020. The molecule has 1 aliphatic rings. The largest absolute Gasteiger partial charge is 0.446 e. The molecule has 0 bridgehead atoms. The van der Waals surface area contributed by atoms with E-state index < -0.39 is 6.09 Å². The average Bonchev–Trinajstić information content (AvgIpc) is 3.40. The summed E-state index contributed by atoms with van der Waals surface area (Å²) >= 11 is 1.03. The van der Waals surface area contributed by atoms with Crippen molar-refractivity contribution in [1.82, 2.24) is 33.9 Å².